The van der Waals surface area contributed by atoms with E-state index in [9.17, 15) is 4.79 Å². The van der Waals surface area contributed by atoms with Crippen molar-refractivity contribution in [3.8, 4) is 0 Å². The Labute approximate surface area is 192 Å². The van der Waals surface area contributed by atoms with Gasteiger partial charge in [-0.25, -0.2) is 0 Å². The van der Waals surface area contributed by atoms with Gasteiger partial charge in [0, 0.05) is 13.3 Å². The summed E-state index contributed by atoms with van der Waals surface area (Å²) in [7, 11) is 0. The number of carbonyl (C=O) groups excluding carboxylic acids is 1. The van der Waals surface area contributed by atoms with Crippen LogP contribution in [0.1, 0.15) is 85.5 Å². The van der Waals surface area contributed by atoms with E-state index in [1.165, 1.54) is 56.5 Å². The Morgan fingerprint density at radius 2 is 1.80 bits per heavy atom. The average Bonchev–Trinajstić information content (AvgIpc) is 3.06. The fourth-order valence-corrected chi connectivity index (χ4v) is 12.3. The Balaban J connectivity index is 1.38. The van der Waals surface area contributed by atoms with Crippen molar-refractivity contribution in [1.82, 2.24) is 0 Å². The molecule has 3 saturated carbocycles. The first-order chi connectivity index (χ1) is 14.3. The van der Waals surface area contributed by atoms with Gasteiger partial charge in [0.25, 0.3) is 0 Å². The van der Waals surface area contributed by atoms with E-state index < -0.39 is 0 Å². The number of thioether (sulfide) groups is 2. The molecule has 2 nitrogen and oxygen atoms in total. The zero-order valence-electron chi connectivity index (χ0n) is 19.4. The number of carbonyl (C=O) groups is 1. The Hall–Kier alpha value is -0.0900. The second-order valence-corrected chi connectivity index (χ2v) is 14.8. The largest absolute Gasteiger partial charge is 0.462 e. The van der Waals surface area contributed by atoms with Gasteiger partial charge in [-0.05, 0) is 104 Å². The summed E-state index contributed by atoms with van der Waals surface area (Å²) in [5, 5.41) is 0. The number of ether oxygens (including phenoxy) is 1. The maximum absolute atomic E-state index is 11.5. The molecule has 1 aliphatic heterocycles. The van der Waals surface area contributed by atoms with Crippen LogP contribution in [0.5, 0.6) is 0 Å². The van der Waals surface area contributed by atoms with Gasteiger partial charge in [-0.15, -0.1) is 23.5 Å². The fraction of sp³-hybridized carbons (Fsp3) is 0.885. The second kappa shape index (κ2) is 7.75. The third kappa shape index (κ3) is 3.33. The Kier molecular flexibility index (Phi) is 5.62. The van der Waals surface area contributed by atoms with Crippen LogP contribution < -0.4 is 0 Å². The normalized spacial score (nSPS) is 47.5. The molecule has 7 atom stereocenters. The van der Waals surface area contributed by atoms with Crippen LogP contribution >= 0.6 is 23.5 Å². The van der Waals surface area contributed by atoms with E-state index in [-0.39, 0.29) is 12.1 Å². The van der Waals surface area contributed by atoms with Crippen LogP contribution in [0.3, 0.4) is 0 Å². The van der Waals surface area contributed by atoms with Gasteiger partial charge in [0.1, 0.15) is 6.10 Å². The quantitative estimate of drug-likeness (QED) is 0.333. The van der Waals surface area contributed by atoms with Gasteiger partial charge in [0.05, 0.1) is 4.08 Å². The number of hydrogen-bond donors (Lipinski definition) is 0. The maximum Gasteiger partial charge on any atom is 0.302 e. The molecule has 1 saturated heterocycles. The van der Waals surface area contributed by atoms with Crippen LogP contribution in [-0.4, -0.2) is 27.7 Å². The number of rotatable bonds is 2. The minimum Gasteiger partial charge on any atom is -0.462 e. The molecule has 0 bridgehead atoms. The van der Waals surface area contributed by atoms with E-state index in [1.807, 2.05) is 0 Å². The molecule has 0 unspecified atom stereocenters. The van der Waals surface area contributed by atoms with E-state index >= 15 is 0 Å². The molecule has 0 aromatic heterocycles. The van der Waals surface area contributed by atoms with Gasteiger partial charge in [-0.2, -0.15) is 0 Å². The topological polar surface area (TPSA) is 26.3 Å². The van der Waals surface area contributed by atoms with Crippen LogP contribution in [-0.2, 0) is 9.53 Å². The molecular formula is C26H40O2S2. The number of hydrogen-bond acceptors (Lipinski definition) is 4. The molecule has 30 heavy (non-hydrogen) atoms. The fourth-order valence-electron chi connectivity index (χ4n) is 8.68. The summed E-state index contributed by atoms with van der Waals surface area (Å²) in [4.78, 5) is 11.5. The first-order valence-corrected chi connectivity index (χ1v) is 14.4. The Morgan fingerprint density at radius 3 is 2.53 bits per heavy atom. The van der Waals surface area contributed by atoms with Crippen molar-refractivity contribution in [3.05, 3.63) is 11.6 Å². The molecule has 0 aromatic rings. The van der Waals surface area contributed by atoms with Crippen LogP contribution in [0.2, 0.25) is 0 Å². The minimum atomic E-state index is -0.115. The molecule has 0 spiro atoms. The SMILES string of the molecule is CC(=O)O[C@@H]1CC[C@@]2(C)C(=CC[C@H]3[C@@H]4CC[C@H](C5(C)SCCCS5)[C@@]4(C)CC[C@@H]32)C1. The summed E-state index contributed by atoms with van der Waals surface area (Å²) in [5.74, 6) is 6.10. The summed E-state index contributed by atoms with van der Waals surface area (Å²) in [6.07, 6.45) is 14.3. The lowest BCUT2D eigenvalue weighted by molar-refractivity contribution is -0.148. The van der Waals surface area contributed by atoms with Gasteiger partial charge >= 0.3 is 5.97 Å². The molecule has 0 N–H and O–H groups in total. The third-order valence-electron chi connectivity index (χ3n) is 10.1. The average molecular weight is 449 g/mol. The highest BCUT2D eigenvalue weighted by Gasteiger charge is 2.61. The Morgan fingerprint density at radius 1 is 1.03 bits per heavy atom. The van der Waals surface area contributed by atoms with E-state index in [0.717, 1.165) is 36.5 Å². The molecule has 4 heteroatoms. The van der Waals surface area contributed by atoms with Gasteiger partial charge in [0.2, 0.25) is 0 Å². The highest BCUT2D eigenvalue weighted by molar-refractivity contribution is 8.18. The molecule has 4 fully saturated rings. The van der Waals surface area contributed by atoms with Gasteiger partial charge < -0.3 is 4.74 Å². The summed E-state index contributed by atoms with van der Waals surface area (Å²) in [6, 6.07) is 0. The van der Waals surface area contributed by atoms with Crippen LogP contribution in [0.4, 0.5) is 0 Å². The lowest BCUT2D eigenvalue weighted by atomic mass is 9.47. The van der Waals surface area contributed by atoms with Crippen molar-refractivity contribution >= 4 is 29.5 Å². The molecule has 5 aliphatic rings. The van der Waals surface area contributed by atoms with Crippen molar-refractivity contribution in [1.29, 1.82) is 0 Å². The van der Waals surface area contributed by atoms with Gasteiger partial charge in [0.15, 0.2) is 0 Å². The lowest BCUT2D eigenvalue weighted by Crippen LogP contribution is -2.52. The monoisotopic (exact) mass is 448 g/mol. The highest BCUT2D eigenvalue weighted by atomic mass is 32.2. The van der Waals surface area contributed by atoms with Crippen molar-refractivity contribution < 1.29 is 9.53 Å². The predicted molar refractivity (Wildman–Crippen MR) is 129 cm³/mol. The summed E-state index contributed by atoms with van der Waals surface area (Å²) in [6.45, 7) is 9.39. The van der Waals surface area contributed by atoms with E-state index in [4.69, 9.17) is 4.74 Å². The molecule has 0 radical (unpaired) electrons. The van der Waals surface area contributed by atoms with Gasteiger partial charge in [-0.1, -0.05) is 25.5 Å². The minimum absolute atomic E-state index is 0.114. The molecule has 5 rings (SSSR count). The highest BCUT2D eigenvalue weighted by Crippen LogP contribution is 2.70. The van der Waals surface area contributed by atoms with Crippen molar-refractivity contribution in [2.75, 3.05) is 11.5 Å². The maximum atomic E-state index is 11.5. The number of esters is 1. The lowest BCUT2D eigenvalue weighted by Gasteiger charge is -2.59. The standard InChI is InChI=1S/C26H40O2S2/c1-17(27)28-19-10-12-24(2)18(16-19)6-7-20-21-8-9-23(25(21,3)13-11-22(20)24)26(4)29-14-5-15-30-26/h6,19-23H,5,7-16H2,1-4H3/t19-,20+,21+,22+,23+,24+,25+/m1/s1. The van der Waals surface area contributed by atoms with Crippen LogP contribution in [0, 0.1) is 34.5 Å². The molecule has 1 heterocycles. The zero-order chi connectivity index (χ0) is 21.1. The molecular weight excluding hydrogens is 408 g/mol. The molecule has 0 amide bonds. The number of fused-ring (bicyclic) bond motifs is 5. The molecule has 0 aromatic carbocycles. The van der Waals surface area contributed by atoms with Crippen LogP contribution in [0.25, 0.3) is 0 Å². The van der Waals surface area contributed by atoms with E-state index in [2.05, 4.69) is 50.4 Å². The third-order valence-corrected chi connectivity index (χ3v) is 13.5. The summed E-state index contributed by atoms with van der Waals surface area (Å²) >= 11 is 4.56. The predicted octanol–water partition coefficient (Wildman–Crippen LogP) is 7.08. The molecule has 4 aliphatic carbocycles. The number of allylic oxidation sites excluding steroid dienone is 1. The van der Waals surface area contributed by atoms with Crippen molar-refractivity contribution in [2.45, 2.75) is 95.7 Å². The van der Waals surface area contributed by atoms with E-state index in [1.54, 1.807) is 12.5 Å². The smallest absolute Gasteiger partial charge is 0.302 e. The summed E-state index contributed by atoms with van der Waals surface area (Å²) < 4.78 is 6.06. The Bertz CT molecular complexity index is 727. The second-order valence-electron chi connectivity index (χ2n) is 11.5. The van der Waals surface area contributed by atoms with Gasteiger partial charge in [-0.3, -0.25) is 4.79 Å². The van der Waals surface area contributed by atoms with Crippen molar-refractivity contribution in [2.24, 2.45) is 34.5 Å². The zero-order valence-corrected chi connectivity index (χ0v) is 21.0. The molecule has 168 valence electrons. The first kappa shape index (κ1) is 21.7. The summed E-state index contributed by atoms with van der Waals surface area (Å²) in [5.41, 5.74) is 2.49. The van der Waals surface area contributed by atoms with Crippen molar-refractivity contribution in [3.63, 3.8) is 0 Å². The first-order valence-electron chi connectivity index (χ1n) is 12.4. The van der Waals surface area contributed by atoms with Crippen LogP contribution in [0.15, 0.2) is 11.6 Å². The van der Waals surface area contributed by atoms with E-state index in [0.29, 0.717) is 14.9 Å².